The standard InChI is InChI=1S/C21H23BrN2O4/c1-4-11-27-23-13(2)14(3)28-19-12-15(9-10-18(19)22)24-20(25)16-7-5-6-8-17(16)21(24)26/h4,9-10,12,23H,1,5-8,11H2,2-3H3. The largest absolute Gasteiger partial charge is 0.459 e. The van der Waals surface area contributed by atoms with Crippen molar-refractivity contribution in [1.82, 2.24) is 5.48 Å². The first-order chi connectivity index (χ1) is 13.4. The number of benzene rings is 1. The summed E-state index contributed by atoms with van der Waals surface area (Å²) in [5, 5.41) is 0. The Hall–Kier alpha value is -2.38. The van der Waals surface area contributed by atoms with Gasteiger partial charge in [-0.3, -0.25) is 19.9 Å². The molecule has 0 bridgehead atoms. The fourth-order valence-corrected chi connectivity index (χ4v) is 3.53. The average Bonchev–Trinajstić information content (AvgIpc) is 2.94. The number of hydrogen-bond donors (Lipinski definition) is 1. The summed E-state index contributed by atoms with van der Waals surface area (Å²) in [4.78, 5) is 32.0. The molecule has 0 spiro atoms. The quantitative estimate of drug-likeness (QED) is 0.219. The van der Waals surface area contributed by atoms with Crippen molar-refractivity contribution >= 4 is 33.4 Å². The second kappa shape index (κ2) is 8.75. The molecule has 28 heavy (non-hydrogen) atoms. The molecule has 1 N–H and O–H groups in total. The van der Waals surface area contributed by atoms with E-state index in [1.165, 1.54) is 4.90 Å². The minimum Gasteiger partial charge on any atom is -0.459 e. The Labute approximate surface area is 173 Å². The molecule has 7 heteroatoms. The lowest BCUT2D eigenvalue weighted by Gasteiger charge is -2.18. The lowest BCUT2D eigenvalue weighted by Crippen LogP contribution is -2.31. The fourth-order valence-electron chi connectivity index (χ4n) is 3.21. The van der Waals surface area contributed by atoms with Gasteiger partial charge >= 0.3 is 0 Å². The van der Waals surface area contributed by atoms with Crippen LogP contribution >= 0.6 is 15.9 Å². The highest BCUT2D eigenvalue weighted by atomic mass is 79.9. The van der Waals surface area contributed by atoms with Crippen LogP contribution in [0.3, 0.4) is 0 Å². The van der Waals surface area contributed by atoms with Gasteiger partial charge in [-0.15, -0.1) is 6.58 Å². The number of carbonyl (C=O) groups is 2. The first-order valence-electron chi connectivity index (χ1n) is 9.18. The second-order valence-electron chi connectivity index (χ2n) is 6.71. The highest BCUT2D eigenvalue weighted by Crippen LogP contribution is 2.38. The molecule has 1 aliphatic heterocycles. The van der Waals surface area contributed by atoms with Crippen molar-refractivity contribution in [3.05, 3.63) is 57.9 Å². The van der Waals surface area contributed by atoms with E-state index in [1.54, 1.807) is 31.2 Å². The smallest absolute Gasteiger partial charge is 0.261 e. The zero-order chi connectivity index (χ0) is 20.3. The number of allylic oxidation sites excluding steroid dienone is 2. The molecule has 1 aliphatic carbocycles. The Morgan fingerprint density at radius 3 is 2.46 bits per heavy atom. The molecule has 1 aromatic carbocycles. The summed E-state index contributed by atoms with van der Waals surface area (Å²) >= 11 is 3.46. The summed E-state index contributed by atoms with van der Waals surface area (Å²) in [5.41, 5.74) is 5.31. The summed E-state index contributed by atoms with van der Waals surface area (Å²) in [5.74, 6) is 0.676. The molecule has 2 amide bonds. The van der Waals surface area contributed by atoms with E-state index in [9.17, 15) is 9.59 Å². The molecule has 3 rings (SSSR count). The molecule has 148 valence electrons. The highest BCUT2D eigenvalue weighted by Gasteiger charge is 2.39. The van der Waals surface area contributed by atoms with Crippen LogP contribution in [0.4, 0.5) is 5.69 Å². The number of hydrogen-bond acceptors (Lipinski definition) is 5. The van der Waals surface area contributed by atoms with Crippen LogP contribution in [0.25, 0.3) is 0 Å². The van der Waals surface area contributed by atoms with Crippen LogP contribution < -0.4 is 15.1 Å². The van der Waals surface area contributed by atoms with Crippen molar-refractivity contribution in [2.75, 3.05) is 11.5 Å². The van der Waals surface area contributed by atoms with Gasteiger partial charge in [-0.05, 0) is 67.6 Å². The number of nitrogens with one attached hydrogen (secondary N) is 1. The molecule has 1 aromatic rings. The van der Waals surface area contributed by atoms with Crippen molar-refractivity contribution in [2.24, 2.45) is 0 Å². The van der Waals surface area contributed by atoms with Gasteiger partial charge in [-0.1, -0.05) is 6.08 Å². The van der Waals surface area contributed by atoms with Gasteiger partial charge in [-0.2, -0.15) is 0 Å². The molecule has 0 fully saturated rings. The fraction of sp³-hybridized carbons (Fsp3) is 0.333. The summed E-state index contributed by atoms with van der Waals surface area (Å²) in [7, 11) is 0. The normalized spacial score (nSPS) is 17.5. The van der Waals surface area contributed by atoms with E-state index in [0.29, 0.717) is 58.0 Å². The van der Waals surface area contributed by atoms with E-state index in [-0.39, 0.29) is 11.8 Å². The van der Waals surface area contributed by atoms with Gasteiger partial charge in [0.1, 0.15) is 11.5 Å². The van der Waals surface area contributed by atoms with Crippen LogP contribution in [-0.2, 0) is 14.4 Å². The molecule has 0 aromatic heterocycles. The maximum Gasteiger partial charge on any atom is 0.261 e. The Bertz CT molecular complexity index is 860. The van der Waals surface area contributed by atoms with Crippen molar-refractivity contribution in [3.8, 4) is 5.75 Å². The first kappa shape index (κ1) is 20.4. The zero-order valence-corrected chi connectivity index (χ0v) is 17.6. The second-order valence-corrected chi connectivity index (χ2v) is 7.56. The molecule has 0 saturated heterocycles. The number of anilines is 1. The van der Waals surface area contributed by atoms with Crippen LogP contribution in [0.2, 0.25) is 0 Å². The summed E-state index contributed by atoms with van der Waals surface area (Å²) in [6.07, 6.45) is 4.88. The van der Waals surface area contributed by atoms with Gasteiger partial charge < -0.3 is 4.74 Å². The lowest BCUT2D eigenvalue weighted by molar-refractivity contribution is -0.120. The summed E-state index contributed by atoms with van der Waals surface area (Å²) in [6, 6.07) is 5.20. The first-order valence-corrected chi connectivity index (χ1v) is 9.97. The molecule has 1 heterocycles. The lowest BCUT2D eigenvalue weighted by atomic mass is 9.93. The maximum absolute atomic E-state index is 12.8. The molecule has 0 saturated carbocycles. The molecule has 0 unspecified atom stereocenters. The number of imide groups is 1. The third-order valence-corrected chi connectivity index (χ3v) is 5.44. The zero-order valence-electron chi connectivity index (χ0n) is 16.0. The SMILES string of the molecule is C=CCONC(C)=C(C)Oc1cc(N2C(=O)C3=C(CCCC3)C2=O)ccc1Br. The van der Waals surface area contributed by atoms with Gasteiger partial charge in [0.2, 0.25) is 0 Å². The monoisotopic (exact) mass is 446 g/mol. The molecular formula is C21H23BrN2O4. The van der Waals surface area contributed by atoms with Crippen molar-refractivity contribution in [3.63, 3.8) is 0 Å². The van der Waals surface area contributed by atoms with Gasteiger partial charge in [0.25, 0.3) is 11.8 Å². The number of nitrogens with zero attached hydrogens (tertiary/aromatic N) is 1. The van der Waals surface area contributed by atoms with Crippen LogP contribution in [-0.4, -0.2) is 18.4 Å². The third-order valence-electron chi connectivity index (χ3n) is 4.78. The Balaban J connectivity index is 1.82. The minimum atomic E-state index is -0.212. The molecule has 0 atom stereocenters. The van der Waals surface area contributed by atoms with Crippen molar-refractivity contribution in [2.45, 2.75) is 39.5 Å². The number of ether oxygens (including phenoxy) is 1. The van der Waals surface area contributed by atoms with E-state index in [4.69, 9.17) is 9.57 Å². The molecule has 0 radical (unpaired) electrons. The number of hydroxylamine groups is 1. The van der Waals surface area contributed by atoms with E-state index in [2.05, 4.69) is 28.0 Å². The van der Waals surface area contributed by atoms with Crippen LogP contribution in [0.1, 0.15) is 39.5 Å². The number of amides is 2. The van der Waals surface area contributed by atoms with Crippen LogP contribution in [0.5, 0.6) is 5.75 Å². The Morgan fingerprint density at radius 1 is 1.21 bits per heavy atom. The van der Waals surface area contributed by atoms with Gasteiger partial charge in [-0.25, -0.2) is 4.90 Å². The number of carbonyl (C=O) groups excluding carboxylic acids is 2. The van der Waals surface area contributed by atoms with E-state index in [0.717, 1.165) is 12.8 Å². The Morgan fingerprint density at radius 2 is 1.86 bits per heavy atom. The molecule has 6 nitrogen and oxygen atoms in total. The molecular weight excluding hydrogens is 424 g/mol. The highest BCUT2D eigenvalue weighted by molar-refractivity contribution is 9.10. The van der Waals surface area contributed by atoms with Crippen molar-refractivity contribution < 1.29 is 19.2 Å². The number of halogens is 1. The van der Waals surface area contributed by atoms with Gasteiger partial charge in [0, 0.05) is 17.2 Å². The van der Waals surface area contributed by atoms with E-state index in [1.807, 2.05) is 6.92 Å². The van der Waals surface area contributed by atoms with Crippen LogP contribution in [0, 0.1) is 0 Å². The van der Waals surface area contributed by atoms with Crippen LogP contribution in [0.15, 0.2) is 57.9 Å². The van der Waals surface area contributed by atoms with Gasteiger partial charge in [0.05, 0.1) is 22.5 Å². The van der Waals surface area contributed by atoms with E-state index < -0.39 is 0 Å². The predicted molar refractivity (Wildman–Crippen MR) is 110 cm³/mol. The van der Waals surface area contributed by atoms with Crippen molar-refractivity contribution in [1.29, 1.82) is 0 Å². The number of rotatable bonds is 7. The third kappa shape index (κ3) is 4.05. The van der Waals surface area contributed by atoms with Gasteiger partial charge in [0.15, 0.2) is 0 Å². The summed E-state index contributed by atoms with van der Waals surface area (Å²) in [6.45, 7) is 7.57. The minimum absolute atomic E-state index is 0.212. The summed E-state index contributed by atoms with van der Waals surface area (Å²) < 4.78 is 6.64. The average molecular weight is 447 g/mol. The molecule has 2 aliphatic rings. The van der Waals surface area contributed by atoms with E-state index >= 15 is 0 Å². The Kier molecular flexibility index (Phi) is 6.36. The maximum atomic E-state index is 12.8. The predicted octanol–water partition coefficient (Wildman–Crippen LogP) is 4.53. The topological polar surface area (TPSA) is 67.9 Å².